The fraction of sp³-hybridized carbons (Fsp3) is 0.400. The third kappa shape index (κ3) is 17.0. The molecule has 0 radical (unpaired) electrons. The molecule has 1 atom stereocenters. The van der Waals surface area contributed by atoms with Crippen molar-refractivity contribution < 1.29 is 38.5 Å². The van der Waals surface area contributed by atoms with E-state index in [4.69, 9.17) is 31.5 Å². The second-order valence-corrected chi connectivity index (χ2v) is 12.7. The van der Waals surface area contributed by atoms with Crippen LogP contribution in [-0.2, 0) is 30.2 Å². The van der Waals surface area contributed by atoms with Crippen LogP contribution in [-0.4, -0.2) is 98.9 Å². The quantitative estimate of drug-likeness (QED) is 0.0156. The molecule has 3 aromatic carbocycles. The number of hydrogen-bond acceptors (Lipinski definition) is 12. The Morgan fingerprint density at radius 3 is 2.13 bits per heavy atom. The summed E-state index contributed by atoms with van der Waals surface area (Å²) in [6.07, 6.45) is 3.88. The van der Waals surface area contributed by atoms with E-state index in [2.05, 4.69) is 16.0 Å². The van der Waals surface area contributed by atoms with E-state index in [9.17, 15) is 24.3 Å². The number of phenolic OH excluding ortho intramolecular Hbond substituents is 1. The number of unbranched alkanes of at least 4 members (excludes halogenated alkanes) is 1. The van der Waals surface area contributed by atoms with Gasteiger partial charge in [0.2, 0.25) is 11.8 Å². The zero-order valence-electron chi connectivity index (χ0n) is 31.5. The summed E-state index contributed by atoms with van der Waals surface area (Å²) in [6.45, 7) is 4.90. The number of carbonyl (C=O) groups is 4. The monoisotopic (exact) mass is 761 g/mol. The Bertz CT molecular complexity index is 1670. The Hall–Kier alpha value is -5.48. The van der Waals surface area contributed by atoms with Crippen LogP contribution in [0.2, 0.25) is 0 Å². The lowest BCUT2D eigenvalue weighted by atomic mass is 10.0. The van der Waals surface area contributed by atoms with Gasteiger partial charge in [-0.25, -0.2) is 5.84 Å². The lowest BCUT2D eigenvalue weighted by molar-refractivity contribution is -0.129. The number of nitrogen functional groups attached to an aromatic ring is 1. The normalized spacial score (nSPS) is 11.8. The van der Waals surface area contributed by atoms with Gasteiger partial charge in [0, 0.05) is 54.5 Å². The van der Waals surface area contributed by atoms with Crippen molar-refractivity contribution in [2.45, 2.75) is 45.1 Å². The number of amides is 3. The lowest BCUT2D eigenvalue weighted by Gasteiger charge is -2.20. The molecule has 0 aliphatic rings. The number of ether oxygens (including phenoxy) is 3. The number of carbonyl (C=O) groups excluding carboxylic acids is 4. The highest BCUT2D eigenvalue weighted by atomic mass is 16.5. The number of aromatic hydroxyl groups is 1. The molecule has 1 unspecified atom stereocenters. The number of nitrogens with two attached hydrogens (primary N) is 3. The van der Waals surface area contributed by atoms with Crippen LogP contribution in [0.25, 0.3) is 0 Å². The summed E-state index contributed by atoms with van der Waals surface area (Å²) in [5.74, 6) is 5.08. The van der Waals surface area contributed by atoms with Gasteiger partial charge in [-0.3, -0.25) is 19.2 Å². The standard InChI is InChI=1S/C40H55N7O8/c1-2-3-9-37(49)46-35(40(52)44-17-16-29-10-15-36(48)34(42)26-29)27-33(41)28-47(43)19-21-54-23-25-55-24-22-53-20-18-45-39(51)32-13-11-31(12-14-32)38(50)30-7-5-4-6-8-30/h4-8,10-15,26,28,35,48H,2-3,9,16-25,27,41-43H2,1H3,(H,44,52)(H,45,51)(H,46,49)/b33-28-. The molecule has 15 nitrogen and oxygen atoms in total. The first-order chi connectivity index (χ1) is 26.6. The maximum absolute atomic E-state index is 13.0. The molecule has 0 saturated heterocycles. The molecule has 0 aromatic heterocycles. The molecule has 10 N–H and O–H groups in total. The minimum Gasteiger partial charge on any atom is -0.506 e. The summed E-state index contributed by atoms with van der Waals surface area (Å²) >= 11 is 0. The summed E-state index contributed by atoms with van der Waals surface area (Å²) < 4.78 is 16.6. The van der Waals surface area contributed by atoms with Crippen molar-refractivity contribution in [3.05, 3.63) is 107 Å². The zero-order valence-corrected chi connectivity index (χ0v) is 31.5. The van der Waals surface area contributed by atoms with Crippen molar-refractivity contribution in [1.82, 2.24) is 21.0 Å². The average molecular weight is 762 g/mol. The highest BCUT2D eigenvalue weighted by Crippen LogP contribution is 2.20. The molecule has 0 spiro atoms. The van der Waals surface area contributed by atoms with E-state index in [-0.39, 0.29) is 41.4 Å². The first-order valence-corrected chi connectivity index (χ1v) is 18.4. The number of hydrogen-bond donors (Lipinski definition) is 7. The number of nitrogens with one attached hydrogen (secondary N) is 3. The van der Waals surface area contributed by atoms with Crippen LogP contribution in [0.1, 0.15) is 64.4 Å². The second-order valence-electron chi connectivity index (χ2n) is 12.7. The molecule has 0 fully saturated rings. The van der Waals surface area contributed by atoms with E-state index >= 15 is 0 Å². The molecule has 0 aliphatic carbocycles. The maximum atomic E-state index is 13.0. The Kier molecular flexibility index (Phi) is 19.8. The molecular weight excluding hydrogens is 706 g/mol. The van der Waals surface area contributed by atoms with Crippen LogP contribution in [0.4, 0.5) is 5.69 Å². The first-order valence-electron chi connectivity index (χ1n) is 18.4. The summed E-state index contributed by atoms with van der Waals surface area (Å²) in [7, 11) is 0. The topological polar surface area (TPSA) is 234 Å². The number of rotatable bonds is 26. The Morgan fingerprint density at radius 1 is 0.818 bits per heavy atom. The molecule has 3 aromatic rings. The SMILES string of the molecule is CCCCC(=O)NC(C/C(N)=C/N(N)CCOCCOCCOCCNC(=O)c1ccc(C(=O)c2ccccc2)cc1)C(=O)NCCc1ccc(O)c(N)c1. The van der Waals surface area contributed by atoms with E-state index in [1.165, 1.54) is 17.3 Å². The molecule has 15 heteroatoms. The number of phenols is 1. The Labute approximate surface area is 322 Å². The highest BCUT2D eigenvalue weighted by Gasteiger charge is 2.21. The van der Waals surface area contributed by atoms with Crippen LogP contribution in [0, 0.1) is 0 Å². The van der Waals surface area contributed by atoms with Crippen molar-refractivity contribution in [2.75, 3.05) is 65.0 Å². The number of benzene rings is 3. The fourth-order valence-electron chi connectivity index (χ4n) is 5.17. The van der Waals surface area contributed by atoms with Crippen molar-refractivity contribution in [2.24, 2.45) is 11.6 Å². The van der Waals surface area contributed by atoms with E-state index in [1.807, 2.05) is 13.0 Å². The maximum Gasteiger partial charge on any atom is 0.251 e. The number of hydrazine groups is 1. The molecule has 3 rings (SSSR count). The Balaban J connectivity index is 1.25. The van der Waals surface area contributed by atoms with Gasteiger partial charge in [-0.05, 0) is 42.7 Å². The number of nitrogens with zero attached hydrogens (tertiary/aromatic N) is 1. The smallest absolute Gasteiger partial charge is 0.251 e. The second kappa shape index (κ2) is 24.8. The molecule has 3 amide bonds. The van der Waals surface area contributed by atoms with Gasteiger partial charge in [0.05, 0.1) is 51.9 Å². The molecule has 0 aliphatic heterocycles. The predicted octanol–water partition coefficient (Wildman–Crippen LogP) is 2.38. The van der Waals surface area contributed by atoms with Crippen molar-refractivity contribution in [3.63, 3.8) is 0 Å². The van der Waals surface area contributed by atoms with E-state index in [1.54, 1.807) is 60.7 Å². The predicted molar refractivity (Wildman–Crippen MR) is 210 cm³/mol. The zero-order chi connectivity index (χ0) is 39.8. The van der Waals surface area contributed by atoms with Crippen LogP contribution < -0.4 is 33.3 Å². The van der Waals surface area contributed by atoms with E-state index in [0.717, 1.165) is 12.0 Å². The highest BCUT2D eigenvalue weighted by molar-refractivity contribution is 6.09. The molecule has 55 heavy (non-hydrogen) atoms. The van der Waals surface area contributed by atoms with Gasteiger partial charge in [0.25, 0.3) is 5.91 Å². The van der Waals surface area contributed by atoms with Gasteiger partial charge in [-0.1, -0.05) is 61.9 Å². The van der Waals surface area contributed by atoms with Crippen molar-refractivity contribution in [3.8, 4) is 5.75 Å². The van der Waals surface area contributed by atoms with E-state index < -0.39 is 6.04 Å². The van der Waals surface area contributed by atoms with Crippen LogP contribution in [0.5, 0.6) is 5.75 Å². The largest absolute Gasteiger partial charge is 0.506 e. The average Bonchev–Trinajstić information content (AvgIpc) is 3.18. The molecule has 0 bridgehead atoms. The van der Waals surface area contributed by atoms with Gasteiger partial charge in [-0.2, -0.15) is 0 Å². The molecule has 298 valence electrons. The minimum atomic E-state index is -0.891. The van der Waals surface area contributed by atoms with Crippen LogP contribution >= 0.6 is 0 Å². The van der Waals surface area contributed by atoms with Gasteiger partial charge in [0.15, 0.2) is 5.78 Å². The van der Waals surface area contributed by atoms with Crippen LogP contribution in [0.3, 0.4) is 0 Å². The Morgan fingerprint density at radius 2 is 1.45 bits per heavy atom. The van der Waals surface area contributed by atoms with Gasteiger partial charge >= 0.3 is 0 Å². The van der Waals surface area contributed by atoms with Crippen molar-refractivity contribution in [1.29, 1.82) is 0 Å². The molecule has 0 saturated carbocycles. The first kappa shape index (κ1) is 43.9. The number of anilines is 1. The van der Waals surface area contributed by atoms with Crippen LogP contribution in [0.15, 0.2) is 84.7 Å². The van der Waals surface area contributed by atoms with Gasteiger partial charge in [-0.15, -0.1) is 0 Å². The summed E-state index contributed by atoms with van der Waals surface area (Å²) in [5, 5.41) is 19.4. The van der Waals surface area contributed by atoms with Gasteiger partial charge in [0.1, 0.15) is 11.8 Å². The summed E-state index contributed by atoms with van der Waals surface area (Å²) in [5.41, 5.74) is 14.9. The summed E-state index contributed by atoms with van der Waals surface area (Å²) in [6, 6.07) is 19.5. The lowest BCUT2D eigenvalue weighted by Crippen LogP contribution is -2.48. The minimum absolute atomic E-state index is 0.00427. The fourth-order valence-corrected chi connectivity index (χ4v) is 5.17. The third-order valence-corrected chi connectivity index (χ3v) is 8.20. The van der Waals surface area contributed by atoms with Gasteiger partial charge < -0.3 is 51.7 Å². The van der Waals surface area contributed by atoms with Crippen molar-refractivity contribution >= 4 is 29.2 Å². The number of ketones is 1. The molecule has 0 heterocycles. The summed E-state index contributed by atoms with van der Waals surface area (Å²) in [4.78, 5) is 50.4. The molecular formula is C40H55N7O8. The van der Waals surface area contributed by atoms with E-state index in [0.29, 0.717) is 101 Å². The third-order valence-electron chi connectivity index (χ3n) is 8.20.